The minimum atomic E-state index is 0.845. The lowest BCUT2D eigenvalue weighted by Crippen LogP contribution is -2.24. The molecule has 0 fully saturated rings. The molecule has 0 heterocycles. The van der Waals surface area contributed by atoms with Crippen molar-refractivity contribution < 1.29 is 4.74 Å². The van der Waals surface area contributed by atoms with Gasteiger partial charge in [0.1, 0.15) is 0 Å². The first-order valence-electron chi connectivity index (χ1n) is 3.54. The number of nitrogens with zero attached hydrogens (tertiary/aromatic N) is 1. The molecule has 2 nitrogen and oxygen atoms in total. The van der Waals surface area contributed by atoms with Gasteiger partial charge in [-0.15, -0.1) is 0 Å². The Hall–Kier alpha value is 0.650. The highest BCUT2D eigenvalue weighted by Gasteiger charge is 1.94. The van der Waals surface area contributed by atoms with Gasteiger partial charge in [-0.05, 0) is 20.0 Å². The van der Waals surface area contributed by atoms with Gasteiger partial charge in [0, 0.05) is 18.1 Å². The Morgan fingerprint density at radius 1 is 1.40 bits per heavy atom. The van der Waals surface area contributed by atoms with E-state index in [4.69, 9.17) is 4.74 Å². The third-order valence-corrected chi connectivity index (χ3v) is 2.11. The van der Waals surface area contributed by atoms with E-state index in [2.05, 4.69) is 34.5 Å². The van der Waals surface area contributed by atoms with E-state index in [0.29, 0.717) is 0 Å². The fourth-order valence-corrected chi connectivity index (χ4v) is 1.03. The monoisotopic (exact) mass is 257 g/mol. The van der Waals surface area contributed by atoms with Crippen molar-refractivity contribution in [2.45, 2.75) is 6.42 Å². The van der Waals surface area contributed by atoms with E-state index < -0.39 is 0 Å². The van der Waals surface area contributed by atoms with Crippen molar-refractivity contribution in [2.75, 3.05) is 38.3 Å². The summed E-state index contributed by atoms with van der Waals surface area (Å²) in [6.07, 6.45) is 1.28. The fourth-order valence-electron chi connectivity index (χ4n) is 0.689. The van der Waals surface area contributed by atoms with Crippen molar-refractivity contribution in [2.24, 2.45) is 0 Å². The van der Waals surface area contributed by atoms with Crippen molar-refractivity contribution in [3.8, 4) is 0 Å². The van der Waals surface area contributed by atoms with E-state index in [-0.39, 0.29) is 0 Å². The molecule has 0 aromatic heterocycles. The molecule has 0 saturated heterocycles. The van der Waals surface area contributed by atoms with Gasteiger partial charge in [0.2, 0.25) is 0 Å². The summed E-state index contributed by atoms with van der Waals surface area (Å²) in [5.41, 5.74) is 0. The third-order valence-electron chi connectivity index (χ3n) is 1.35. The van der Waals surface area contributed by atoms with Crippen LogP contribution < -0.4 is 0 Å². The predicted octanol–water partition coefficient (Wildman–Crippen LogP) is 1.39. The molecule has 0 aromatic rings. The zero-order valence-corrected chi connectivity index (χ0v) is 8.93. The molecule has 0 amide bonds. The number of methoxy groups -OCH3 is 1. The second kappa shape index (κ2) is 7.75. The molecule has 0 saturated carbocycles. The second-order valence-corrected chi connectivity index (χ2v) is 3.42. The summed E-state index contributed by atoms with van der Waals surface area (Å²) in [5, 5.41) is 0. The van der Waals surface area contributed by atoms with Gasteiger partial charge in [0.15, 0.2) is 0 Å². The zero-order valence-electron chi connectivity index (χ0n) is 6.77. The van der Waals surface area contributed by atoms with Crippen LogP contribution in [0.5, 0.6) is 0 Å². The van der Waals surface area contributed by atoms with Crippen LogP contribution in [0.2, 0.25) is 0 Å². The van der Waals surface area contributed by atoms with Crippen LogP contribution in [0.1, 0.15) is 6.42 Å². The average Bonchev–Trinajstić information content (AvgIpc) is 1.97. The first kappa shape index (κ1) is 10.7. The topological polar surface area (TPSA) is 12.5 Å². The van der Waals surface area contributed by atoms with Gasteiger partial charge in [-0.1, -0.05) is 22.6 Å². The third kappa shape index (κ3) is 6.77. The number of alkyl halides is 1. The Kier molecular flexibility index (Phi) is 8.26. The molecule has 10 heavy (non-hydrogen) atoms. The molecule has 0 radical (unpaired) electrons. The molecule has 0 aliphatic carbocycles. The van der Waals surface area contributed by atoms with Crippen molar-refractivity contribution in [1.29, 1.82) is 0 Å². The number of hydrogen-bond donors (Lipinski definition) is 0. The molecule has 0 aliphatic rings. The summed E-state index contributed by atoms with van der Waals surface area (Å²) in [6, 6.07) is 0. The van der Waals surface area contributed by atoms with Crippen molar-refractivity contribution in [1.82, 2.24) is 4.90 Å². The minimum absolute atomic E-state index is 0.845. The van der Waals surface area contributed by atoms with Gasteiger partial charge in [-0.2, -0.15) is 0 Å². The van der Waals surface area contributed by atoms with Gasteiger partial charge in [-0.3, -0.25) is 0 Å². The van der Waals surface area contributed by atoms with Gasteiger partial charge in [0.25, 0.3) is 0 Å². The summed E-state index contributed by atoms with van der Waals surface area (Å²) in [7, 11) is 3.87. The minimum Gasteiger partial charge on any atom is -0.383 e. The molecule has 0 aromatic carbocycles. The number of halogens is 1. The number of rotatable bonds is 6. The molecular weight excluding hydrogens is 241 g/mol. The molecular formula is C7H16INO. The van der Waals surface area contributed by atoms with Gasteiger partial charge in [0.05, 0.1) is 6.61 Å². The van der Waals surface area contributed by atoms with Crippen LogP contribution >= 0.6 is 22.6 Å². The van der Waals surface area contributed by atoms with E-state index in [1.54, 1.807) is 7.11 Å². The second-order valence-electron chi connectivity index (χ2n) is 2.34. The van der Waals surface area contributed by atoms with Gasteiger partial charge < -0.3 is 9.64 Å². The smallest absolute Gasteiger partial charge is 0.0589 e. The highest BCUT2D eigenvalue weighted by atomic mass is 127. The summed E-state index contributed by atoms with van der Waals surface area (Å²) < 4.78 is 6.19. The fraction of sp³-hybridized carbons (Fsp3) is 1.00. The van der Waals surface area contributed by atoms with E-state index in [1.807, 2.05) is 0 Å². The summed E-state index contributed by atoms with van der Waals surface area (Å²) in [6.45, 7) is 3.08. The van der Waals surface area contributed by atoms with Crippen molar-refractivity contribution >= 4 is 22.6 Å². The lowest BCUT2D eigenvalue weighted by molar-refractivity contribution is 0.161. The maximum Gasteiger partial charge on any atom is 0.0589 e. The van der Waals surface area contributed by atoms with Crippen LogP contribution in [0.25, 0.3) is 0 Å². The Labute approximate surface area is 77.1 Å². The molecule has 0 atom stereocenters. The first-order valence-corrected chi connectivity index (χ1v) is 5.07. The van der Waals surface area contributed by atoms with Crippen molar-refractivity contribution in [3.05, 3.63) is 0 Å². The largest absolute Gasteiger partial charge is 0.383 e. The summed E-state index contributed by atoms with van der Waals surface area (Å²) in [5.74, 6) is 0. The Balaban J connectivity index is 3.00. The van der Waals surface area contributed by atoms with E-state index in [0.717, 1.165) is 13.2 Å². The van der Waals surface area contributed by atoms with Gasteiger partial charge >= 0.3 is 0 Å². The highest BCUT2D eigenvalue weighted by molar-refractivity contribution is 14.1. The SMILES string of the molecule is COCCN(C)CCCI. The van der Waals surface area contributed by atoms with Crippen LogP contribution in [-0.2, 0) is 4.74 Å². The number of likely N-dealkylation sites (N-methyl/N-ethyl adjacent to an activating group) is 1. The predicted molar refractivity (Wildman–Crippen MR) is 52.9 cm³/mol. The quantitative estimate of drug-likeness (QED) is 0.526. The standard InChI is InChI=1S/C7H16INO/c1-9(5-3-4-8)6-7-10-2/h3-7H2,1-2H3. The molecule has 0 aliphatic heterocycles. The number of hydrogen-bond acceptors (Lipinski definition) is 2. The maximum absolute atomic E-state index is 4.95. The Bertz CT molecular complexity index is 62.6. The van der Waals surface area contributed by atoms with Crippen molar-refractivity contribution in [3.63, 3.8) is 0 Å². The van der Waals surface area contributed by atoms with Crippen LogP contribution in [0.4, 0.5) is 0 Å². The number of ether oxygens (including phenoxy) is 1. The zero-order chi connectivity index (χ0) is 7.82. The summed E-state index contributed by atoms with van der Waals surface area (Å²) >= 11 is 2.40. The molecule has 0 rings (SSSR count). The van der Waals surface area contributed by atoms with Gasteiger partial charge in [-0.25, -0.2) is 0 Å². The normalized spacial score (nSPS) is 10.8. The molecule has 3 heteroatoms. The summed E-state index contributed by atoms with van der Waals surface area (Å²) in [4.78, 5) is 2.29. The lowest BCUT2D eigenvalue weighted by Gasteiger charge is -2.14. The molecule has 62 valence electrons. The average molecular weight is 257 g/mol. The molecule has 0 spiro atoms. The van der Waals surface area contributed by atoms with Crippen LogP contribution in [0.3, 0.4) is 0 Å². The Morgan fingerprint density at radius 2 is 2.10 bits per heavy atom. The molecule has 0 N–H and O–H groups in total. The Morgan fingerprint density at radius 3 is 2.60 bits per heavy atom. The van der Waals surface area contributed by atoms with E-state index in [9.17, 15) is 0 Å². The maximum atomic E-state index is 4.95. The van der Waals surface area contributed by atoms with E-state index >= 15 is 0 Å². The van der Waals surface area contributed by atoms with Crippen LogP contribution in [0.15, 0.2) is 0 Å². The molecule has 0 bridgehead atoms. The molecule has 0 unspecified atom stereocenters. The first-order chi connectivity index (χ1) is 4.81. The highest BCUT2D eigenvalue weighted by Crippen LogP contribution is 1.91. The van der Waals surface area contributed by atoms with Crippen LogP contribution in [0, 0.1) is 0 Å². The van der Waals surface area contributed by atoms with E-state index in [1.165, 1.54) is 17.4 Å². The lowest BCUT2D eigenvalue weighted by atomic mass is 10.4. The van der Waals surface area contributed by atoms with Crippen LogP contribution in [-0.4, -0.2) is 43.2 Å².